The first kappa shape index (κ1) is 21.7. The summed E-state index contributed by atoms with van der Waals surface area (Å²) >= 11 is 0. The molecule has 2 aliphatic heterocycles. The number of ether oxygens (including phenoxy) is 1. The van der Waals surface area contributed by atoms with E-state index in [-0.39, 0.29) is 11.6 Å². The van der Waals surface area contributed by atoms with E-state index in [1.54, 1.807) is 6.07 Å². The number of nitrogens with zero attached hydrogens (tertiary/aromatic N) is 3. The van der Waals surface area contributed by atoms with Crippen LogP contribution in [0.25, 0.3) is 10.9 Å². The Labute approximate surface area is 205 Å². The van der Waals surface area contributed by atoms with Crippen LogP contribution in [0.3, 0.4) is 0 Å². The number of para-hydroxylation sites is 1. The lowest BCUT2D eigenvalue weighted by atomic mass is 9.99. The summed E-state index contributed by atoms with van der Waals surface area (Å²) in [5.41, 5.74) is 5.25. The molecule has 1 N–H and O–H groups in total. The third kappa shape index (κ3) is 4.26. The zero-order valence-corrected chi connectivity index (χ0v) is 20.0. The lowest BCUT2D eigenvalue weighted by Gasteiger charge is -2.34. The molecule has 6 nitrogen and oxygen atoms in total. The van der Waals surface area contributed by atoms with Gasteiger partial charge in [0.05, 0.1) is 18.2 Å². The lowest BCUT2D eigenvalue weighted by Crippen LogP contribution is -2.44. The van der Waals surface area contributed by atoms with Crippen LogP contribution in [0.15, 0.2) is 83.7 Å². The van der Waals surface area contributed by atoms with E-state index >= 15 is 0 Å². The fourth-order valence-corrected chi connectivity index (χ4v) is 5.23. The molecule has 1 aromatic heterocycles. The Balaban J connectivity index is 1.31. The molecule has 178 valence electrons. The van der Waals surface area contributed by atoms with E-state index in [0.717, 1.165) is 66.2 Å². The Morgan fingerprint density at radius 1 is 0.857 bits per heavy atom. The molecule has 4 aromatic rings. The number of piperazine rings is 1. The molecule has 0 spiro atoms. The second-order valence-electron chi connectivity index (χ2n) is 9.47. The quantitative estimate of drug-likeness (QED) is 0.465. The largest absolute Gasteiger partial charge is 0.493 e. The van der Waals surface area contributed by atoms with Gasteiger partial charge in [0, 0.05) is 61.3 Å². The molecule has 0 radical (unpaired) electrons. The number of anilines is 3. The van der Waals surface area contributed by atoms with Crippen LogP contribution < -0.4 is 20.5 Å². The first-order chi connectivity index (χ1) is 17.2. The van der Waals surface area contributed by atoms with Crippen LogP contribution in [0, 0.1) is 0 Å². The van der Waals surface area contributed by atoms with E-state index in [1.165, 1.54) is 5.69 Å². The van der Waals surface area contributed by atoms with Crippen molar-refractivity contribution in [3.8, 4) is 5.75 Å². The summed E-state index contributed by atoms with van der Waals surface area (Å²) in [7, 11) is 2.17. The number of nitrogens with one attached hydrogen (secondary N) is 1. The van der Waals surface area contributed by atoms with E-state index in [0.29, 0.717) is 6.61 Å². The summed E-state index contributed by atoms with van der Waals surface area (Å²) in [6, 6.07) is 26.4. The van der Waals surface area contributed by atoms with E-state index in [1.807, 2.05) is 28.8 Å². The van der Waals surface area contributed by atoms with Gasteiger partial charge in [0.1, 0.15) is 5.75 Å². The summed E-state index contributed by atoms with van der Waals surface area (Å²) in [4.78, 5) is 17.9. The van der Waals surface area contributed by atoms with Crippen LogP contribution >= 0.6 is 0 Å². The van der Waals surface area contributed by atoms with Crippen molar-refractivity contribution in [2.45, 2.75) is 12.5 Å². The maximum atomic E-state index is 13.1. The van der Waals surface area contributed by atoms with Crippen LogP contribution in [0.1, 0.15) is 18.0 Å². The standard InChI is InChI=1S/C29H30N4O2/c1-31-15-17-32(18-16-31)24-11-9-22(10-12-24)30-23-8-6-21-7-13-29(34)33(27(21)20-23)26-14-19-35-28-5-3-2-4-25(26)28/h2-13,20,26,30H,14-19H2,1H3. The third-order valence-electron chi connectivity index (χ3n) is 7.20. The molecule has 3 aromatic carbocycles. The molecule has 1 fully saturated rings. The van der Waals surface area contributed by atoms with Crippen molar-refractivity contribution in [3.63, 3.8) is 0 Å². The number of likely N-dealkylation sites (N-methyl/N-ethyl adjacent to an activating group) is 1. The Hall–Kier alpha value is -3.77. The van der Waals surface area contributed by atoms with Crippen LogP contribution in [-0.2, 0) is 0 Å². The molecule has 0 saturated carbocycles. The Morgan fingerprint density at radius 2 is 1.60 bits per heavy atom. The lowest BCUT2D eigenvalue weighted by molar-refractivity contribution is 0.256. The number of hydrogen-bond donors (Lipinski definition) is 1. The number of fused-ring (bicyclic) bond motifs is 2. The number of benzene rings is 3. The highest BCUT2D eigenvalue weighted by Crippen LogP contribution is 2.35. The van der Waals surface area contributed by atoms with E-state index in [4.69, 9.17) is 4.74 Å². The second-order valence-corrected chi connectivity index (χ2v) is 9.47. The van der Waals surface area contributed by atoms with Gasteiger partial charge in [-0.25, -0.2) is 0 Å². The monoisotopic (exact) mass is 466 g/mol. The smallest absolute Gasteiger partial charge is 0.251 e. The van der Waals surface area contributed by atoms with Gasteiger partial charge in [0.15, 0.2) is 0 Å². The van der Waals surface area contributed by atoms with E-state index in [2.05, 4.69) is 70.7 Å². The van der Waals surface area contributed by atoms with Crippen molar-refractivity contribution in [2.24, 2.45) is 0 Å². The normalized spacial score (nSPS) is 18.2. The summed E-state index contributed by atoms with van der Waals surface area (Å²) in [6.07, 6.45) is 0.765. The van der Waals surface area contributed by atoms with E-state index < -0.39 is 0 Å². The first-order valence-electron chi connectivity index (χ1n) is 12.3. The topological polar surface area (TPSA) is 49.7 Å². The van der Waals surface area contributed by atoms with Gasteiger partial charge in [-0.3, -0.25) is 4.79 Å². The fourth-order valence-electron chi connectivity index (χ4n) is 5.23. The van der Waals surface area contributed by atoms with Gasteiger partial charge in [-0.15, -0.1) is 0 Å². The maximum Gasteiger partial charge on any atom is 0.251 e. The number of hydrogen-bond acceptors (Lipinski definition) is 5. The van der Waals surface area contributed by atoms with Crippen molar-refractivity contribution in [3.05, 3.63) is 94.8 Å². The zero-order chi connectivity index (χ0) is 23.8. The SMILES string of the molecule is CN1CCN(c2ccc(Nc3ccc4ccc(=O)n(C5CCOc6ccccc65)c4c3)cc2)CC1. The first-order valence-corrected chi connectivity index (χ1v) is 12.3. The third-order valence-corrected chi connectivity index (χ3v) is 7.20. The molecule has 0 amide bonds. The highest BCUT2D eigenvalue weighted by Gasteiger charge is 2.24. The van der Waals surface area contributed by atoms with Gasteiger partial charge >= 0.3 is 0 Å². The molecule has 35 heavy (non-hydrogen) atoms. The molecule has 6 heteroatoms. The average molecular weight is 467 g/mol. The van der Waals surface area contributed by atoms with Crippen molar-refractivity contribution in [1.29, 1.82) is 0 Å². The Morgan fingerprint density at radius 3 is 2.43 bits per heavy atom. The highest BCUT2D eigenvalue weighted by atomic mass is 16.5. The number of aromatic nitrogens is 1. The maximum absolute atomic E-state index is 13.1. The predicted molar refractivity (Wildman–Crippen MR) is 142 cm³/mol. The fraction of sp³-hybridized carbons (Fsp3) is 0.276. The van der Waals surface area contributed by atoms with Gasteiger partial charge < -0.3 is 24.4 Å². The van der Waals surface area contributed by atoms with Gasteiger partial charge in [-0.05, 0) is 61.0 Å². The Kier molecular flexibility index (Phi) is 5.66. The molecule has 1 saturated heterocycles. The molecule has 6 rings (SSSR count). The van der Waals surface area contributed by atoms with Crippen molar-refractivity contribution in [2.75, 3.05) is 50.1 Å². The highest BCUT2D eigenvalue weighted by molar-refractivity contribution is 5.84. The second kappa shape index (κ2) is 9.12. The van der Waals surface area contributed by atoms with Crippen molar-refractivity contribution < 1.29 is 4.74 Å². The molecule has 1 atom stereocenters. The van der Waals surface area contributed by atoms with Crippen LogP contribution in [0.4, 0.5) is 17.1 Å². The minimum Gasteiger partial charge on any atom is -0.493 e. The summed E-state index contributed by atoms with van der Waals surface area (Å²) in [5, 5.41) is 4.58. The van der Waals surface area contributed by atoms with Crippen molar-refractivity contribution in [1.82, 2.24) is 9.47 Å². The summed E-state index contributed by atoms with van der Waals surface area (Å²) < 4.78 is 7.78. The van der Waals surface area contributed by atoms with Gasteiger partial charge in [-0.2, -0.15) is 0 Å². The molecule has 0 bridgehead atoms. The summed E-state index contributed by atoms with van der Waals surface area (Å²) in [5.74, 6) is 0.863. The molecule has 1 unspecified atom stereocenters. The minimum atomic E-state index is -0.0470. The Bertz CT molecular complexity index is 1400. The van der Waals surface area contributed by atoms with Crippen LogP contribution in [0.5, 0.6) is 5.75 Å². The van der Waals surface area contributed by atoms with Crippen LogP contribution in [-0.4, -0.2) is 49.3 Å². The van der Waals surface area contributed by atoms with E-state index in [9.17, 15) is 4.79 Å². The van der Waals surface area contributed by atoms with Gasteiger partial charge in [0.2, 0.25) is 0 Å². The van der Waals surface area contributed by atoms with Gasteiger partial charge in [0.25, 0.3) is 5.56 Å². The van der Waals surface area contributed by atoms with Crippen molar-refractivity contribution >= 4 is 28.0 Å². The summed E-state index contributed by atoms with van der Waals surface area (Å²) in [6.45, 7) is 4.90. The molecule has 3 heterocycles. The van der Waals surface area contributed by atoms with Crippen LogP contribution in [0.2, 0.25) is 0 Å². The number of rotatable bonds is 4. The number of pyridine rings is 1. The molecule has 0 aliphatic carbocycles. The minimum absolute atomic E-state index is 0.00730. The zero-order valence-electron chi connectivity index (χ0n) is 20.0. The molecular weight excluding hydrogens is 436 g/mol. The average Bonchev–Trinajstić information content (AvgIpc) is 2.89. The van der Waals surface area contributed by atoms with Gasteiger partial charge in [-0.1, -0.05) is 24.3 Å². The predicted octanol–water partition coefficient (Wildman–Crippen LogP) is 4.87. The molecule has 2 aliphatic rings. The molecular formula is C29H30N4O2.